The van der Waals surface area contributed by atoms with Crippen molar-refractivity contribution in [2.45, 2.75) is 19.6 Å². The van der Waals surface area contributed by atoms with E-state index in [2.05, 4.69) is 21.7 Å². The number of aromatic nitrogens is 2. The third kappa shape index (κ3) is 5.44. The van der Waals surface area contributed by atoms with Gasteiger partial charge in [0, 0.05) is 12.2 Å². The van der Waals surface area contributed by atoms with Gasteiger partial charge in [0.2, 0.25) is 10.0 Å². The Morgan fingerprint density at radius 1 is 1.13 bits per heavy atom. The fourth-order valence-electron chi connectivity index (χ4n) is 3.14. The van der Waals surface area contributed by atoms with Gasteiger partial charge in [-0.05, 0) is 55.8 Å². The van der Waals surface area contributed by atoms with Crippen LogP contribution in [0, 0.1) is 19.7 Å². The molecule has 0 saturated carbocycles. The summed E-state index contributed by atoms with van der Waals surface area (Å²) in [7, 11) is -3.46. The number of sulfonamides is 1. The van der Waals surface area contributed by atoms with Gasteiger partial charge in [0.25, 0.3) is 5.91 Å². The van der Waals surface area contributed by atoms with E-state index in [4.69, 9.17) is 0 Å². The predicted molar refractivity (Wildman–Crippen MR) is 118 cm³/mol. The number of amides is 1. The fourth-order valence-corrected chi connectivity index (χ4v) is 4.24. The number of halogens is 1. The van der Waals surface area contributed by atoms with Crippen molar-refractivity contribution in [3.05, 3.63) is 89.5 Å². The molecule has 162 valence electrons. The Morgan fingerprint density at radius 2 is 1.77 bits per heavy atom. The van der Waals surface area contributed by atoms with Gasteiger partial charge < -0.3 is 5.32 Å². The summed E-state index contributed by atoms with van der Waals surface area (Å²) in [5, 5.41) is 7.21. The SMILES string of the molecule is C=CCNS(=O)(=O)Cc1ccc(NC(=O)c2c(C)nn(-c3ccc(F)cc3)c2C)cc1. The first kappa shape index (κ1) is 22.4. The van der Waals surface area contributed by atoms with Crippen LogP contribution in [0.1, 0.15) is 27.3 Å². The number of nitrogens with zero attached hydrogens (tertiary/aromatic N) is 2. The van der Waals surface area contributed by atoms with Crippen LogP contribution in [0.5, 0.6) is 0 Å². The topological polar surface area (TPSA) is 93.1 Å². The fraction of sp³-hybridized carbons (Fsp3) is 0.182. The molecule has 0 unspecified atom stereocenters. The lowest BCUT2D eigenvalue weighted by Crippen LogP contribution is -2.25. The smallest absolute Gasteiger partial charge is 0.259 e. The van der Waals surface area contributed by atoms with Crippen molar-refractivity contribution in [3.8, 4) is 5.69 Å². The van der Waals surface area contributed by atoms with Crippen molar-refractivity contribution in [1.29, 1.82) is 0 Å². The van der Waals surface area contributed by atoms with E-state index in [0.717, 1.165) is 0 Å². The number of nitrogens with one attached hydrogen (secondary N) is 2. The third-order valence-electron chi connectivity index (χ3n) is 4.61. The largest absolute Gasteiger partial charge is 0.322 e. The highest BCUT2D eigenvalue weighted by molar-refractivity contribution is 7.88. The number of hydrogen-bond acceptors (Lipinski definition) is 4. The molecule has 1 heterocycles. The third-order valence-corrected chi connectivity index (χ3v) is 5.93. The van der Waals surface area contributed by atoms with Crippen molar-refractivity contribution in [2.75, 3.05) is 11.9 Å². The van der Waals surface area contributed by atoms with Gasteiger partial charge in [-0.25, -0.2) is 22.2 Å². The van der Waals surface area contributed by atoms with Crippen LogP contribution in [-0.4, -0.2) is 30.7 Å². The maximum Gasteiger partial charge on any atom is 0.259 e. The molecule has 0 bridgehead atoms. The molecule has 0 saturated heterocycles. The predicted octanol–water partition coefficient (Wildman–Crippen LogP) is 3.49. The van der Waals surface area contributed by atoms with Gasteiger partial charge in [0.05, 0.1) is 28.4 Å². The number of hydrogen-bond donors (Lipinski definition) is 2. The second-order valence-corrected chi connectivity index (χ2v) is 8.79. The Morgan fingerprint density at radius 3 is 2.39 bits per heavy atom. The summed E-state index contributed by atoms with van der Waals surface area (Å²) < 4.78 is 41.1. The lowest BCUT2D eigenvalue weighted by Gasteiger charge is -2.09. The van der Waals surface area contributed by atoms with Gasteiger partial charge in [0.1, 0.15) is 5.82 Å². The first-order chi connectivity index (χ1) is 14.7. The quantitative estimate of drug-likeness (QED) is 0.523. The van der Waals surface area contributed by atoms with Crippen molar-refractivity contribution in [2.24, 2.45) is 0 Å². The van der Waals surface area contributed by atoms with Crippen LogP contribution in [0.3, 0.4) is 0 Å². The molecule has 1 aromatic heterocycles. The molecule has 1 amide bonds. The molecule has 9 heteroatoms. The van der Waals surface area contributed by atoms with Crippen LogP contribution < -0.4 is 10.0 Å². The van der Waals surface area contributed by atoms with Crippen LogP contribution in [0.15, 0.2) is 61.2 Å². The highest BCUT2D eigenvalue weighted by atomic mass is 32.2. The number of carbonyl (C=O) groups is 1. The summed E-state index contributed by atoms with van der Waals surface area (Å²) in [6, 6.07) is 12.4. The number of aryl methyl sites for hydroxylation is 1. The molecule has 0 radical (unpaired) electrons. The van der Waals surface area contributed by atoms with Crippen LogP contribution in [0.2, 0.25) is 0 Å². The standard InChI is InChI=1S/C22H23FN4O3S/c1-4-13-24-31(29,30)14-17-5-9-19(10-6-17)25-22(28)21-15(2)26-27(16(21)3)20-11-7-18(23)8-12-20/h4-12,24H,1,13-14H2,2-3H3,(H,25,28). The lowest BCUT2D eigenvalue weighted by atomic mass is 10.1. The van der Waals surface area contributed by atoms with Gasteiger partial charge in [-0.15, -0.1) is 6.58 Å². The van der Waals surface area contributed by atoms with E-state index in [1.165, 1.54) is 18.2 Å². The summed E-state index contributed by atoms with van der Waals surface area (Å²) in [5.41, 5.74) is 3.35. The molecule has 7 nitrogen and oxygen atoms in total. The van der Waals surface area contributed by atoms with E-state index in [9.17, 15) is 17.6 Å². The van der Waals surface area contributed by atoms with Gasteiger partial charge in [0.15, 0.2) is 0 Å². The average Bonchev–Trinajstić information content (AvgIpc) is 3.02. The van der Waals surface area contributed by atoms with Gasteiger partial charge in [-0.2, -0.15) is 5.10 Å². The molecular formula is C22H23FN4O3S. The number of rotatable bonds is 8. The molecule has 0 atom stereocenters. The van der Waals surface area contributed by atoms with E-state index in [0.29, 0.717) is 33.9 Å². The monoisotopic (exact) mass is 442 g/mol. The second kappa shape index (κ2) is 9.23. The van der Waals surface area contributed by atoms with Crippen molar-refractivity contribution >= 4 is 21.6 Å². The van der Waals surface area contributed by atoms with Crippen LogP contribution in [0.25, 0.3) is 5.69 Å². The molecule has 0 aliphatic heterocycles. The molecule has 0 fully saturated rings. The zero-order valence-electron chi connectivity index (χ0n) is 17.2. The molecule has 0 aliphatic rings. The number of benzene rings is 2. The molecule has 3 rings (SSSR count). The minimum Gasteiger partial charge on any atom is -0.322 e. The van der Waals surface area contributed by atoms with E-state index < -0.39 is 10.0 Å². The van der Waals surface area contributed by atoms with E-state index in [1.807, 2.05) is 0 Å². The van der Waals surface area contributed by atoms with Crippen LogP contribution in [-0.2, 0) is 15.8 Å². The first-order valence-corrected chi connectivity index (χ1v) is 11.2. The Labute approximate surface area is 180 Å². The molecule has 0 spiro atoms. The number of anilines is 1. The molecule has 0 aliphatic carbocycles. The summed E-state index contributed by atoms with van der Waals surface area (Å²) in [6.45, 7) is 7.14. The second-order valence-electron chi connectivity index (χ2n) is 6.98. The van der Waals surface area contributed by atoms with Gasteiger partial charge >= 0.3 is 0 Å². The summed E-state index contributed by atoms with van der Waals surface area (Å²) in [6.07, 6.45) is 1.47. The highest BCUT2D eigenvalue weighted by Crippen LogP contribution is 2.20. The first-order valence-electron chi connectivity index (χ1n) is 9.51. The molecular weight excluding hydrogens is 419 g/mol. The zero-order chi connectivity index (χ0) is 22.6. The Kier molecular flexibility index (Phi) is 6.67. The normalized spacial score (nSPS) is 11.3. The van der Waals surface area contributed by atoms with E-state index in [-0.39, 0.29) is 24.0 Å². The Balaban J connectivity index is 1.75. The Bertz CT molecular complexity index is 1200. The summed E-state index contributed by atoms with van der Waals surface area (Å²) in [5.74, 6) is -0.857. The van der Waals surface area contributed by atoms with Gasteiger partial charge in [-0.3, -0.25) is 4.79 Å². The molecule has 2 N–H and O–H groups in total. The summed E-state index contributed by atoms with van der Waals surface area (Å²) in [4.78, 5) is 12.8. The van der Waals surface area contributed by atoms with Crippen molar-refractivity contribution in [1.82, 2.24) is 14.5 Å². The summed E-state index contributed by atoms with van der Waals surface area (Å²) >= 11 is 0. The van der Waals surface area contributed by atoms with E-state index in [1.54, 1.807) is 54.9 Å². The minimum absolute atomic E-state index is 0.167. The van der Waals surface area contributed by atoms with Crippen molar-refractivity contribution in [3.63, 3.8) is 0 Å². The number of carbonyl (C=O) groups excluding carboxylic acids is 1. The minimum atomic E-state index is -3.46. The Hall–Kier alpha value is -3.30. The van der Waals surface area contributed by atoms with Crippen LogP contribution in [0.4, 0.5) is 10.1 Å². The molecule has 31 heavy (non-hydrogen) atoms. The average molecular weight is 443 g/mol. The van der Waals surface area contributed by atoms with Crippen LogP contribution >= 0.6 is 0 Å². The van der Waals surface area contributed by atoms with E-state index >= 15 is 0 Å². The maximum absolute atomic E-state index is 13.2. The molecule has 3 aromatic rings. The maximum atomic E-state index is 13.2. The highest BCUT2D eigenvalue weighted by Gasteiger charge is 2.20. The lowest BCUT2D eigenvalue weighted by molar-refractivity contribution is 0.102. The van der Waals surface area contributed by atoms with Gasteiger partial charge in [-0.1, -0.05) is 18.2 Å². The zero-order valence-corrected chi connectivity index (χ0v) is 18.0. The van der Waals surface area contributed by atoms with Crippen molar-refractivity contribution < 1.29 is 17.6 Å². The molecule has 2 aromatic carbocycles.